The zero-order valence-corrected chi connectivity index (χ0v) is 13.0. The Kier molecular flexibility index (Phi) is 4.10. The van der Waals surface area contributed by atoms with Crippen molar-refractivity contribution in [3.8, 4) is 5.75 Å². The van der Waals surface area contributed by atoms with Gasteiger partial charge in [-0.15, -0.1) is 0 Å². The van der Waals surface area contributed by atoms with Crippen molar-refractivity contribution >= 4 is 21.8 Å². The second kappa shape index (κ2) is 6.08. The molecule has 1 fully saturated rings. The Morgan fingerprint density at radius 1 is 1.04 bits per heavy atom. The molecule has 1 heterocycles. The number of nitrogens with zero attached hydrogens (tertiary/aromatic N) is 1. The van der Waals surface area contributed by atoms with Gasteiger partial charge in [0.15, 0.2) is 11.6 Å². The quantitative estimate of drug-likeness (QED) is 0.855. The first kappa shape index (κ1) is 16.2. The second-order valence-electron chi connectivity index (χ2n) is 4.97. The van der Waals surface area contributed by atoms with E-state index in [9.17, 15) is 22.0 Å². The standard InChI is InChI=1S/C15H12F2N2O4S/c16-12-2-1-3-13(17)14(12)23-24(21,22)11-6-4-10(5-7-11)19-9-8-18-15(19)20/h1-7H,8-9H2,(H,18,20). The number of anilines is 1. The van der Waals surface area contributed by atoms with E-state index in [1.165, 1.54) is 29.2 Å². The molecule has 24 heavy (non-hydrogen) atoms. The molecule has 0 aliphatic carbocycles. The van der Waals surface area contributed by atoms with Gasteiger partial charge in [0, 0.05) is 18.8 Å². The summed E-state index contributed by atoms with van der Waals surface area (Å²) in [6, 6.07) is 7.84. The van der Waals surface area contributed by atoms with E-state index in [-0.39, 0.29) is 10.9 Å². The third kappa shape index (κ3) is 3.02. The minimum absolute atomic E-state index is 0.282. The smallest absolute Gasteiger partial charge is 0.339 e. The van der Waals surface area contributed by atoms with Crippen LogP contribution in [0.3, 0.4) is 0 Å². The molecule has 126 valence electrons. The van der Waals surface area contributed by atoms with E-state index in [1.807, 2.05) is 0 Å². The van der Waals surface area contributed by atoms with Gasteiger partial charge in [-0.2, -0.15) is 8.42 Å². The summed E-state index contributed by atoms with van der Waals surface area (Å²) in [4.78, 5) is 12.7. The van der Waals surface area contributed by atoms with Gasteiger partial charge in [0.1, 0.15) is 4.90 Å². The van der Waals surface area contributed by atoms with Crippen molar-refractivity contribution < 1.29 is 26.2 Å². The number of rotatable bonds is 4. The first-order valence-electron chi connectivity index (χ1n) is 6.92. The summed E-state index contributed by atoms with van der Waals surface area (Å²) in [5, 5.41) is 2.62. The van der Waals surface area contributed by atoms with Crippen molar-refractivity contribution in [1.82, 2.24) is 5.32 Å². The fraction of sp³-hybridized carbons (Fsp3) is 0.133. The molecule has 0 radical (unpaired) electrons. The number of carbonyl (C=O) groups excluding carboxylic acids is 1. The van der Waals surface area contributed by atoms with Gasteiger partial charge < -0.3 is 9.50 Å². The third-order valence-corrected chi connectivity index (χ3v) is 4.64. The lowest BCUT2D eigenvalue weighted by molar-refractivity contribution is 0.252. The highest BCUT2D eigenvalue weighted by Gasteiger charge is 2.24. The molecule has 2 aromatic carbocycles. The maximum absolute atomic E-state index is 13.5. The lowest BCUT2D eigenvalue weighted by atomic mass is 10.3. The Bertz CT molecular complexity index is 865. The Morgan fingerprint density at radius 2 is 1.67 bits per heavy atom. The second-order valence-corrected chi connectivity index (χ2v) is 6.51. The fourth-order valence-electron chi connectivity index (χ4n) is 2.23. The van der Waals surface area contributed by atoms with Gasteiger partial charge in [0.2, 0.25) is 5.75 Å². The molecule has 0 unspecified atom stereocenters. The summed E-state index contributed by atoms with van der Waals surface area (Å²) in [6.07, 6.45) is 0. The summed E-state index contributed by atoms with van der Waals surface area (Å²) in [6.45, 7) is 0.955. The van der Waals surface area contributed by atoms with Crippen molar-refractivity contribution in [2.45, 2.75) is 4.90 Å². The summed E-state index contributed by atoms with van der Waals surface area (Å²) in [5.41, 5.74) is 0.501. The highest BCUT2D eigenvalue weighted by Crippen LogP contribution is 2.26. The van der Waals surface area contributed by atoms with Crippen LogP contribution >= 0.6 is 0 Å². The van der Waals surface area contributed by atoms with Crippen LogP contribution in [-0.4, -0.2) is 27.5 Å². The predicted molar refractivity (Wildman–Crippen MR) is 81.4 cm³/mol. The number of urea groups is 1. The van der Waals surface area contributed by atoms with Crippen LogP contribution in [0, 0.1) is 11.6 Å². The monoisotopic (exact) mass is 354 g/mol. The van der Waals surface area contributed by atoms with Crippen LogP contribution in [0.15, 0.2) is 47.4 Å². The molecule has 1 N–H and O–H groups in total. The van der Waals surface area contributed by atoms with E-state index in [0.29, 0.717) is 18.8 Å². The number of halogens is 2. The Morgan fingerprint density at radius 3 is 2.21 bits per heavy atom. The molecule has 1 aliphatic rings. The van der Waals surface area contributed by atoms with Gasteiger partial charge in [0.05, 0.1) is 0 Å². The molecule has 0 saturated carbocycles. The molecular formula is C15H12F2N2O4S. The van der Waals surface area contributed by atoms with Gasteiger partial charge in [0.25, 0.3) is 0 Å². The molecule has 1 aliphatic heterocycles. The van der Waals surface area contributed by atoms with E-state index in [4.69, 9.17) is 0 Å². The number of para-hydroxylation sites is 1. The topological polar surface area (TPSA) is 75.7 Å². The van der Waals surface area contributed by atoms with E-state index < -0.39 is 27.5 Å². The maximum Gasteiger partial charge on any atom is 0.339 e. The molecule has 9 heteroatoms. The summed E-state index contributed by atoms with van der Waals surface area (Å²) >= 11 is 0. The third-order valence-electron chi connectivity index (χ3n) is 3.41. The average molecular weight is 354 g/mol. The highest BCUT2D eigenvalue weighted by molar-refractivity contribution is 7.87. The fourth-order valence-corrected chi connectivity index (χ4v) is 3.17. The van der Waals surface area contributed by atoms with E-state index >= 15 is 0 Å². The number of hydrogen-bond acceptors (Lipinski definition) is 4. The summed E-state index contributed by atoms with van der Waals surface area (Å²) in [7, 11) is -4.41. The zero-order chi connectivity index (χ0) is 17.3. The number of carbonyl (C=O) groups is 1. The van der Waals surface area contributed by atoms with Crippen LogP contribution in [0.4, 0.5) is 19.3 Å². The first-order valence-corrected chi connectivity index (χ1v) is 8.33. The van der Waals surface area contributed by atoms with Gasteiger partial charge >= 0.3 is 16.1 Å². The van der Waals surface area contributed by atoms with E-state index in [0.717, 1.165) is 18.2 Å². The number of hydrogen-bond donors (Lipinski definition) is 1. The molecule has 3 rings (SSSR count). The molecule has 2 aromatic rings. The van der Waals surface area contributed by atoms with Gasteiger partial charge in [-0.25, -0.2) is 13.6 Å². The zero-order valence-electron chi connectivity index (χ0n) is 12.2. The van der Waals surface area contributed by atoms with Crippen molar-refractivity contribution in [3.63, 3.8) is 0 Å². The van der Waals surface area contributed by atoms with Gasteiger partial charge in [-0.1, -0.05) is 6.07 Å². The van der Waals surface area contributed by atoms with Crippen LogP contribution in [0.5, 0.6) is 5.75 Å². The molecule has 0 aromatic heterocycles. The lowest BCUT2D eigenvalue weighted by Gasteiger charge is -2.14. The summed E-state index contributed by atoms with van der Waals surface area (Å²) < 4.78 is 55.9. The van der Waals surface area contributed by atoms with Gasteiger partial charge in [-0.3, -0.25) is 4.90 Å². The van der Waals surface area contributed by atoms with Crippen molar-refractivity contribution in [2.75, 3.05) is 18.0 Å². The minimum atomic E-state index is -4.41. The molecule has 6 nitrogen and oxygen atoms in total. The van der Waals surface area contributed by atoms with Crippen molar-refractivity contribution in [3.05, 3.63) is 54.1 Å². The Labute approximate surface area is 136 Å². The molecule has 2 amide bonds. The van der Waals surface area contributed by atoms with Crippen LogP contribution in [-0.2, 0) is 10.1 Å². The lowest BCUT2D eigenvalue weighted by Crippen LogP contribution is -2.27. The Balaban J connectivity index is 1.86. The number of amides is 2. The maximum atomic E-state index is 13.5. The Hall–Kier alpha value is -2.68. The minimum Gasteiger partial charge on any atom is -0.373 e. The largest absolute Gasteiger partial charge is 0.373 e. The number of benzene rings is 2. The van der Waals surface area contributed by atoms with Crippen molar-refractivity contribution in [2.24, 2.45) is 0 Å². The normalized spacial score (nSPS) is 14.6. The highest BCUT2D eigenvalue weighted by atomic mass is 32.2. The van der Waals surface area contributed by atoms with Crippen molar-refractivity contribution in [1.29, 1.82) is 0 Å². The van der Waals surface area contributed by atoms with Crippen LogP contribution in [0.25, 0.3) is 0 Å². The molecule has 0 bridgehead atoms. The van der Waals surface area contributed by atoms with Gasteiger partial charge in [-0.05, 0) is 36.4 Å². The van der Waals surface area contributed by atoms with E-state index in [1.54, 1.807) is 0 Å². The van der Waals surface area contributed by atoms with E-state index in [2.05, 4.69) is 9.50 Å². The first-order chi connectivity index (χ1) is 11.4. The molecule has 0 atom stereocenters. The molecular weight excluding hydrogens is 342 g/mol. The van der Waals surface area contributed by atoms with Crippen LogP contribution in [0.1, 0.15) is 0 Å². The molecule has 0 spiro atoms. The molecule has 1 saturated heterocycles. The average Bonchev–Trinajstić information content (AvgIpc) is 2.97. The van der Waals surface area contributed by atoms with Crippen LogP contribution in [0.2, 0.25) is 0 Å². The summed E-state index contributed by atoms with van der Waals surface area (Å²) in [5.74, 6) is -3.23. The predicted octanol–water partition coefficient (Wildman–Crippen LogP) is 2.26. The van der Waals surface area contributed by atoms with Crippen LogP contribution < -0.4 is 14.4 Å². The number of nitrogens with one attached hydrogen (secondary N) is 1. The SMILES string of the molecule is O=C1NCCN1c1ccc(S(=O)(=O)Oc2c(F)cccc2F)cc1.